The molecule has 0 bridgehead atoms. The van der Waals surface area contributed by atoms with Crippen LogP contribution >= 0.6 is 0 Å². The molecule has 0 aliphatic carbocycles. The molecular formula is C47H90NO7+. The fraction of sp³-hybridized carbons (Fsp3) is 0.894. The Morgan fingerprint density at radius 3 is 1.36 bits per heavy atom. The first-order valence-electron chi connectivity index (χ1n) is 23.2. The summed E-state index contributed by atoms with van der Waals surface area (Å²) >= 11 is 0. The van der Waals surface area contributed by atoms with E-state index in [1.54, 1.807) is 0 Å². The molecule has 8 nitrogen and oxygen atoms in total. The van der Waals surface area contributed by atoms with Crippen molar-refractivity contribution in [3.63, 3.8) is 0 Å². The third-order valence-corrected chi connectivity index (χ3v) is 10.7. The molecule has 2 unspecified atom stereocenters. The van der Waals surface area contributed by atoms with Crippen LogP contribution < -0.4 is 0 Å². The molecule has 0 saturated carbocycles. The molecule has 0 radical (unpaired) electrons. The van der Waals surface area contributed by atoms with Gasteiger partial charge in [-0.1, -0.05) is 180 Å². The predicted molar refractivity (Wildman–Crippen MR) is 229 cm³/mol. The molecule has 0 rings (SSSR count). The lowest BCUT2D eigenvalue weighted by Crippen LogP contribution is -2.50. The number of quaternary nitrogens is 1. The van der Waals surface area contributed by atoms with E-state index in [1.165, 1.54) is 128 Å². The van der Waals surface area contributed by atoms with Gasteiger partial charge in [0.1, 0.15) is 6.61 Å². The summed E-state index contributed by atoms with van der Waals surface area (Å²) in [6.07, 6.45) is 41.2. The normalized spacial score (nSPS) is 13.0. The summed E-state index contributed by atoms with van der Waals surface area (Å²) in [6.45, 7) is 4.71. The summed E-state index contributed by atoms with van der Waals surface area (Å²) in [5.74, 6) is -1.47. The monoisotopic (exact) mass is 781 g/mol. The van der Waals surface area contributed by atoms with Crippen molar-refractivity contribution in [1.82, 2.24) is 0 Å². The number of likely N-dealkylation sites (N-methyl/N-ethyl adjacent to an activating group) is 1. The van der Waals surface area contributed by atoms with Crippen LogP contribution in [0.1, 0.15) is 219 Å². The summed E-state index contributed by atoms with van der Waals surface area (Å²) in [6, 6.07) is -0.611. The number of nitrogens with zero attached hydrogens (tertiary/aromatic N) is 1. The molecule has 0 saturated heterocycles. The minimum Gasteiger partial charge on any atom is -0.477 e. The van der Waals surface area contributed by atoms with Crippen LogP contribution in [0, 0.1) is 0 Å². The van der Waals surface area contributed by atoms with Crippen molar-refractivity contribution in [3.8, 4) is 0 Å². The van der Waals surface area contributed by atoms with Crippen molar-refractivity contribution in [2.45, 2.75) is 231 Å². The van der Waals surface area contributed by atoms with Crippen LogP contribution in [0.2, 0.25) is 0 Å². The van der Waals surface area contributed by atoms with Crippen molar-refractivity contribution in [3.05, 3.63) is 12.2 Å². The number of carboxylic acid groups (broad SMARTS) is 1. The highest BCUT2D eigenvalue weighted by Crippen LogP contribution is 2.16. The first-order chi connectivity index (χ1) is 26.6. The first-order valence-corrected chi connectivity index (χ1v) is 23.2. The van der Waals surface area contributed by atoms with Gasteiger partial charge in [-0.25, -0.2) is 4.79 Å². The van der Waals surface area contributed by atoms with E-state index < -0.39 is 18.1 Å². The maximum Gasteiger partial charge on any atom is 0.362 e. The molecule has 1 N–H and O–H groups in total. The number of ether oxygens (including phenoxy) is 3. The lowest BCUT2D eigenvalue weighted by Gasteiger charge is -2.31. The molecule has 0 aromatic heterocycles. The van der Waals surface area contributed by atoms with Gasteiger partial charge in [0.05, 0.1) is 34.4 Å². The largest absolute Gasteiger partial charge is 0.477 e. The van der Waals surface area contributed by atoms with Crippen molar-refractivity contribution in [2.75, 3.05) is 41.0 Å². The molecule has 0 aromatic rings. The predicted octanol–water partition coefficient (Wildman–Crippen LogP) is 12.7. The number of hydrogen-bond donors (Lipinski definition) is 1. The summed E-state index contributed by atoms with van der Waals surface area (Å²) < 4.78 is 17.3. The average Bonchev–Trinajstić information content (AvgIpc) is 3.14. The van der Waals surface area contributed by atoms with Gasteiger partial charge in [0, 0.05) is 19.3 Å². The van der Waals surface area contributed by atoms with Crippen LogP contribution in [0.15, 0.2) is 12.2 Å². The van der Waals surface area contributed by atoms with E-state index in [1.807, 2.05) is 21.1 Å². The first kappa shape index (κ1) is 53.1. The number of allylic oxidation sites excluding steroid dienone is 2. The quantitative estimate of drug-likeness (QED) is 0.0285. The van der Waals surface area contributed by atoms with Gasteiger partial charge in [0.25, 0.3) is 0 Å². The van der Waals surface area contributed by atoms with Gasteiger partial charge in [-0.2, -0.15) is 0 Å². The number of rotatable bonds is 42. The Balaban J connectivity index is 4.19. The maximum atomic E-state index is 12.7. The zero-order valence-electron chi connectivity index (χ0n) is 36.9. The second kappa shape index (κ2) is 38.9. The summed E-state index contributed by atoms with van der Waals surface area (Å²) in [4.78, 5) is 36.9. The Morgan fingerprint density at radius 2 is 0.927 bits per heavy atom. The number of carbonyl (C=O) groups is 3. The van der Waals surface area contributed by atoms with Crippen molar-refractivity contribution >= 4 is 17.9 Å². The van der Waals surface area contributed by atoms with Crippen LogP contribution in [0.4, 0.5) is 0 Å². The number of aliphatic carboxylic acids is 1. The Bertz CT molecular complexity index is 915. The summed E-state index contributed by atoms with van der Waals surface area (Å²) in [5.41, 5.74) is 0. The lowest BCUT2D eigenvalue weighted by molar-refractivity contribution is -0.887. The molecule has 2 atom stereocenters. The lowest BCUT2D eigenvalue weighted by atomic mass is 10.0. The molecule has 8 heteroatoms. The van der Waals surface area contributed by atoms with Crippen LogP contribution in [0.25, 0.3) is 0 Å². The van der Waals surface area contributed by atoms with Crippen molar-refractivity contribution < 1.29 is 38.2 Å². The summed E-state index contributed by atoms with van der Waals surface area (Å²) in [5, 5.41) is 9.61. The summed E-state index contributed by atoms with van der Waals surface area (Å²) in [7, 11) is 5.53. The number of hydrogen-bond acceptors (Lipinski definition) is 6. The highest BCUT2D eigenvalue weighted by molar-refractivity contribution is 5.72. The third kappa shape index (κ3) is 37.4. The van der Waals surface area contributed by atoms with Gasteiger partial charge >= 0.3 is 17.9 Å². The second-order valence-corrected chi connectivity index (χ2v) is 17.0. The topological polar surface area (TPSA) is 99.1 Å². The van der Waals surface area contributed by atoms with Gasteiger partial charge in [0.15, 0.2) is 12.1 Å². The zero-order chi connectivity index (χ0) is 40.7. The molecule has 55 heavy (non-hydrogen) atoms. The third-order valence-electron chi connectivity index (χ3n) is 10.7. The Hall–Kier alpha value is -1.93. The Labute approximate surface area is 339 Å². The van der Waals surface area contributed by atoms with Gasteiger partial charge in [-0.3, -0.25) is 9.59 Å². The number of carbonyl (C=O) groups excluding carboxylic acids is 2. The van der Waals surface area contributed by atoms with E-state index in [2.05, 4.69) is 26.0 Å². The molecule has 324 valence electrons. The van der Waals surface area contributed by atoms with Gasteiger partial charge in [0.2, 0.25) is 0 Å². The van der Waals surface area contributed by atoms with E-state index in [0.29, 0.717) is 19.3 Å². The highest BCUT2D eigenvalue weighted by atomic mass is 16.6. The van der Waals surface area contributed by atoms with E-state index in [0.717, 1.165) is 57.8 Å². The fourth-order valence-electron chi connectivity index (χ4n) is 7.01. The average molecular weight is 781 g/mol. The van der Waals surface area contributed by atoms with E-state index in [-0.39, 0.29) is 36.2 Å². The molecule has 0 heterocycles. The second-order valence-electron chi connectivity index (χ2n) is 17.0. The smallest absolute Gasteiger partial charge is 0.362 e. The molecule has 0 amide bonds. The van der Waals surface area contributed by atoms with Crippen LogP contribution in [-0.2, 0) is 28.6 Å². The highest BCUT2D eigenvalue weighted by Gasteiger charge is 2.31. The Morgan fingerprint density at radius 1 is 0.527 bits per heavy atom. The van der Waals surface area contributed by atoms with E-state index in [9.17, 15) is 19.5 Å². The van der Waals surface area contributed by atoms with Crippen LogP contribution in [0.3, 0.4) is 0 Å². The molecular weight excluding hydrogens is 691 g/mol. The minimum atomic E-state index is -0.874. The minimum absolute atomic E-state index is 0.0515. The SMILES string of the molecule is CCCC/C=C/CCCCCCC(=O)OCC(COCCC(C(=O)O)[N+](C)(C)C)OC(=O)CCCCCCCCCCCCCCCCCCCCCCC. The number of unbranched alkanes of at least 4 members (excludes halogenated alkanes) is 26. The Kier molecular flexibility index (Phi) is 37.6. The fourth-order valence-corrected chi connectivity index (χ4v) is 7.01. The van der Waals surface area contributed by atoms with Crippen LogP contribution in [0.5, 0.6) is 0 Å². The molecule has 0 aromatic carbocycles. The number of carboxylic acids is 1. The number of esters is 2. The van der Waals surface area contributed by atoms with E-state index >= 15 is 0 Å². The van der Waals surface area contributed by atoms with Crippen LogP contribution in [-0.4, -0.2) is 80.6 Å². The van der Waals surface area contributed by atoms with Crippen molar-refractivity contribution in [2.24, 2.45) is 0 Å². The van der Waals surface area contributed by atoms with Crippen molar-refractivity contribution in [1.29, 1.82) is 0 Å². The maximum absolute atomic E-state index is 12.7. The molecule has 0 aliphatic heterocycles. The van der Waals surface area contributed by atoms with Gasteiger partial charge in [-0.15, -0.1) is 0 Å². The molecule has 0 aliphatic rings. The molecule has 0 fully saturated rings. The van der Waals surface area contributed by atoms with E-state index in [4.69, 9.17) is 14.2 Å². The standard InChI is InChI=1S/C47H89NO7/c1-6-8-10-12-14-16-18-19-20-21-22-23-24-25-26-27-28-30-32-34-36-38-46(50)55-43(41-53-40-39-44(47(51)52)48(3,4)5)42-54-45(49)37-35-33-31-29-17-15-13-11-9-7-2/h13,15,43-44H,6-12,14,16-42H2,1-5H3/p+1/b15-13+. The van der Waals surface area contributed by atoms with Gasteiger partial charge in [-0.05, 0) is 32.1 Å². The zero-order valence-corrected chi connectivity index (χ0v) is 36.9. The molecule has 0 spiro atoms. The van der Waals surface area contributed by atoms with Gasteiger partial charge < -0.3 is 23.8 Å².